The smallest absolute Gasteiger partial charge is 0.262 e. The van der Waals surface area contributed by atoms with E-state index in [1.807, 2.05) is 30.3 Å². The van der Waals surface area contributed by atoms with E-state index in [1.165, 1.54) is 4.31 Å². The summed E-state index contributed by atoms with van der Waals surface area (Å²) in [6, 6.07) is 8.33. The summed E-state index contributed by atoms with van der Waals surface area (Å²) in [6.45, 7) is 2.74. The molecular formula is C14H21N3O4S. The van der Waals surface area contributed by atoms with E-state index in [0.717, 1.165) is 11.8 Å². The standard InChI is InChI=1S/C14H21N3O4S/c1-11-13(15-8-9-17(11)22(2,19)20)14(18)16-21-10-12-6-4-3-5-7-12/h3-7,11,13,15H,8-10H2,1-2H3,(H,16,18)/t11-,13-/m1/s1. The van der Waals surface area contributed by atoms with Gasteiger partial charge in [0.1, 0.15) is 6.04 Å². The maximum absolute atomic E-state index is 12.2. The molecule has 1 aromatic carbocycles. The van der Waals surface area contributed by atoms with E-state index >= 15 is 0 Å². The van der Waals surface area contributed by atoms with Crippen molar-refractivity contribution in [2.24, 2.45) is 0 Å². The SMILES string of the molecule is C[C@@H]1[C@H](C(=O)NOCc2ccccc2)NCCN1S(C)(=O)=O. The predicted octanol–water partition coefficient (Wildman–Crippen LogP) is -0.144. The lowest BCUT2D eigenvalue weighted by molar-refractivity contribution is -0.138. The number of benzene rings is 1. The number of hydrogen-bond donors (Lipinski definition) is 2. The number of amides is 1. The van der Waals surface area contributed by atoms with E-state index in [1.54, 1.807) is 6.92 Å². The summed E-state index contributed by atoms with van der Waals surface area (Å²) >= 11 is 0. The number of piperazine rings is 1. The van der Waals surface area contributed by atoms with Gasteiger partial charge in [-0.1, -0.05) is 30.3 Å². The number of hydrogen-bond acceptors (Lipinski definition) is 5. The number of sulfonamides is 1. The molecule has 0 aliphatic carbocycles. The van der Waals surface area contributed by atoms with Crippen molar-refractivity contribution in [2.45, 2.75) is 25.6 Å². The zero-order chi connectivity index (χ0) is 16.2. The summed E-state index contributed by atoms with van der Waals surface area (Å²) in [7, 11) is -3.33. The zero-order valence-electron chi connectivity index (χ0n) is 12.7. The van der Waals surface area contributed by atoms with Crippen LogP contribution in [0.15, 0.2) is 30.3 Å². The molecule has 1 aliphatic heterocycles. The van der Waals surface area contributed by atoms with Crippen LogP contribution in [0.25, 0.3) is 0 Å². The minimum Gasteiger partial charge on any atom is -0.303 e. The third-order valence-electron chi connectivity index (χ3n) is 3.60. The molecule has 1 saturated heterocycles. The van der Waals surface area contributed by atoms with Crippen molar-refractivity contribution in [3.05, 3.63) is 35.9 Å². The average molecular weight is 327 g/mol. The molecule has 1 heterocycles. The molecule has 0 spiro atoms. The Labute approximate surface area is 130 Å². The van der Waals surface area contributed by atoms with Gasteiger partial charge in [0.25, 0.3) is 5.91 Å². The number of carbonyl (C=O) groups excluding carboxylic acids is 1. The van der Waals surface area contributed by atoms with Crippen LogP contribution in [-0.4, -0.2) is 50.1 Å². The number of nitrogens with zero attached hydrogens (tertiary/aromatic N) is 1. The van der Waals surface area contributed by atoms with Gasteiger partial charge in [-0.3, -0.25) is 9.63 Å². The Bertz CT molecular complexity index is 606. The van der Waals surface area contributed by atoms with Gasteiger partial charge < -0.3 is 5.32 Å². The lowest BCUT2D eigenvalue weighted by atomic mass is 10.1. The molecule has 1 aromatic rings. The van der Waals surface area contributed by atoms with E-state index in [2.05, 4.69) is 10.8 Å². The van der Waals surface area contributed by atoms with Crippen molar-refractivity contribution in [2.75, 3.05) is 19.3 Å². The maximum atomic E-state index is 12.2. The van der Waals surface area contributed by atoms with Crippen LogP contribution in [0.4, 0.5) is 0 Å². The van der Waals surface area contributed by atoms with Crippen molar-refractivity contribution in [1.29, 1.82) is 0 Å². The van der Waals surface area contributed by atoms with Crippen LogP contribution in [-0.2, 0) is 26.3 Å². The van der Waals surface area contributed by atoms with Crippen LogP contribution >= 0.6 is 0 Å². The van der Waals surface area contributed by atoms with Gasteiger partial charge in [0.05, 0.1) is 12.9 Å². The zero-order valence-corrected chi connectivity index (χ0v) is 13.5. The molecule has 0 saturated carbocycles. The summed E-state index contributed by atoms with van der Waals surface area (Å²) in [4.78, 5) is 17.3. The first-order chi connectivity index (χ1) is 10.4. The molecule has 0 bridgehead atoms. The van der Waals surface area contributed by atoms with Crippen molar-refractivity contribution in [1.82, 2.24) is 15.1 Å². The Balaban J connectivity index is 1.89. The second-order valence-corrected chi connectivity index (χ2v) is 7.22. The van der Waals surface area contributed by atoms with E-state index in [-0.39, 0.29) is 12.5 Å². The molecule has 7 nitrogen and oxygen atoms in total. The van der Waals surface area contributed by atoms with Gasteiger partial charge in [0, 0.05) is 19.1 Å². The minimum atomic E-state index is -3.33. The van der Waals surface area contributed by atoms with Gasteiger partial charge in [-0.25, -0.2) is 13.9 Å². The first-order valence-electron chi connectivity index (χ1n) is 7.05. The first-order valence-corrected chi connectivity index (χ1v) is 8.90. The van der Waals surface area contributed by atoms with Crippen LogP contribution in [0.1, 0.15) is 12.5 Å². The lowest BCUT2D eigenvalue weighted by Crippen LogP contribution is -2.63. The Morgan fingerprint density at radius 3 is 2.73 bits per heavy atom. The van der Waals surface area contributed by atoms with Crippen LogP contribution in [0.5, 0.6) is 0 Å². The molecule has 1 fully saturated rings. The summed E-state index contributed by atoms with van der Waals surface area (Å²) in [5, 5.41) is 3.02. The summed E-state index contributed by atoms with van der Waals surface area (Å²) in [5.41, 5.74) is 3.32. The summed E-state index contributed by atoms with van der Waals surface area (Å²) in [6.07, 6.45) is 1.15. The van der Waals surface area contributed by atoms with E-state index in [0.29, 0.717) is 13.1 Å². The fourth-order valence-corrected chi connectivity index (χ4v) is 3.63. The normalized spacial score (nSPS) is 23.2. The van der Waals surface area contributed by atoms with Gasteiger partial charge >= 0.3 is 0 Å². The van der Waals surface area contributed by atoms with Crippen LogP contribution < -0.4 is 10.8 Å². The third kappa shape index (κ3) is 4.26. The predicted molar refractivity (Wildman–Crippen MR) is 82.2 cm³/mol. The molecule has 2 rings (SSSR count). The van der Waals surface area contributed by atoms with E-state index in [4.69, 9.17) is 4.84 Å². The van der Waals surface area contributed by atoms with Gasteiger partial charge in [0.2, 0.25) is 10.0 Å². The van der Waals surface area contributed by atoms with Gasteiger partial charge in [-0.2, -0.15) is 4.31 Å². The average Bonchev–Trinajstić information content (AvgIpc) is 2.47. The second kappa shape index (κ2) is 7.19. The van der Waals surface area contributed by atoms with Crippen LogP contribution in [0.2, 0.25) is 0 Å². The fourth-order valence-electron chi connectivity index (χ4n) is 2.48. The summed E-state index contributed by atoms with van der Waals surface area (Å²) in [5.74, 6) is -0.378. The quantitative estimate of drug-likeness (QED) is 0.735. The molecule has 0 radical (unpaired) electrons. The molecule has 0 unspecified atom stereocenters. The van der Waals surface area contributed by atoms with Crippen molar-refractivity contribution < 1.29 is 18.0 Å². The van der Waals surface area contributed by atoms with Crippen molar-refractivity contribution >= 4 is 15.9 Å². The fraction of sp³-hybridized carbons (Fsp3) is 0.500. The van der Waals surface area contributed by atoms with E-state index in [9.17, 15) is 13.2 Å². The Kier molecular flexibility index (Phi) is 5.52. The highest BCUT2D eigenvalue weighted by Crippen LogP contribution is 2.13. The molecule has 0 aromatic heterocycles. The highest BCUT2D eigenvalue weighted by molar-refractivity contribution is 7.88. The highest BCUT2D eigenvalue weighted by atomic mass is 32.2. The van der Waals surface area contributed by atoms with E-state index < -0.39 is 22.1 Å². The number of carbonyl (C=O) groups is 1. The van der Waals surface area contributed by atoms with Gasteiger partial charge in [-0.15, -0.1) is 0 Å². The second-order valence-electron chi connectivity index (χ2n) is 5.29. The lowest BCUT2D eigenvalue weighted by Gasteiger charge is -2.37. The topological polar surface area (TPSA) is 87.7 Å². The molecule has 1 amide bonds. The Hall–Kier alpha value is -1.48. The summed E-state index contributed by atoms with van der Waals surface area (Å²) < 4.78 is 24.7. The molecule has 22 heavy (non-hydrogen) atoms. The van der Waals surface area contributed by atoms with Crippen molar-refractivity contribution in [3.63, 3.8) is 0 Å². The molecular weight excluding hydrogens is 306 g/mol. The molecule has 1 aliphatic rings. The van der Waals surface area contributed by atoms with Gasteiger partial charge in [-0.05, 0) is 12.5 Å². The maximum Gasteiger partial charge on any atom is 0.262 e. The van der Waals surface area contributed by atoms with Gasteiger partial charge in [0.15, 0.2) is 0 Å². The number of nitrogens with one attached hydrogen (secondary N) is 2. The molecule has 2 atom stereocenters. The Morgan fingerprint density at radius 1 is 1.41 bits per heavy atom. The highest BCUT2D eigenvalue weighted by Gasteiger charge is 2.37. The van der Waals surface area contributed by atoms with Crippen LogP contribution in [0.3, 0.4) is 0 Å². The van der Waals surface area contributed by atoms with Crippen molar-refractivity contribution in [3.8, 4) is 0 Å². The third-order valence-corrected chi connectivity index (χ3v) is 4.96. The molecule has 8 heteroatoms. The van der Waals surface area contributed by atoms with Crippen LogP contribution in [0, 0.1) is 0 Å². The monoisotopic (exact) mass is 327 g/mol. The minimum absolute atomic E-state index is 0.253. The largest absolute Gasteiger partial charge is 0.303 e. The Morgan fingerprint density at radius 2 is 2.09 bits per heavy atom. The first kappa shape index (κ1) is 16.9. The molecule has 122 valence electrons. The number of rotatable bonds is 5. The molecule has 2 N–H and O–H groups in total. The number of hydroxylamine groups is 1.